The van der Waals surface area contributed by atoms with E-state index in [1.54, 1.807) is 17.9 Å². The largest absolute Gasteiger partial charge is 0.321 e. The number of hydrogen-bond donors (Lipinski definition) is 2. The number of nitrogens with one attached hydrogen (secondary N) is 2. The van der Waals surface area contributed by atoms with Crippen molar-refractivity contribution >= 4 is 10.2 Å². The van der Waals surface area contributed by atoms with Crippen LogP contribution in [0.15, 0.2) is 6.33 Å². The zero-order chi connectivity index (χ0) is 15.0. The van der Waals surface area contributed by atoms with E-state index in [0.29, 0.717) is 19.5 Å². The van der Waals surface area contributed by atoms with Crippen molar-refractivity contribution in [3.63, 3.8) is 0 Å². The van der Waals surface area contributed by atoms with Crippen LogP contribution in [0.25, 0.3) is 0 Å². The van der Waals surface area contributed by atoms with Crippen LogP contribution in [0.3, 0.4) is 0 Å². The summed E-state index contributed by atoms with van der Waals surface area (Å²) in [4.78, 5) is 0. The second-order valence-corrected chi connectivity index (χ2v) is 6.40. The van der Waals surface area contributed by atoms with Crippen LogP contribution in [0.4, 0.5) is 0 Å². The molecule has 116 valence electrons. The van der Waals surface area contributed by atoms with E-state index < -0.39 is 10.2 Å². The van der Waals surface area contributed by atoms with Crippen molar-refractivity contribution in [1.82, 2.24) is 29.1 Å². The third-order valence-electron chi connectivity index (χ3n) is 2.93. The number of nitrogens with zero attached hydrogens (tertiary/aromatic N) is 4. The molecule has 0 saturated heterocycles. The third kappa shape index (κ3) is 5.53. The standard InChI is InChI=1S/C11H24N6O2S/c1-4-12-7-5-9-17(3)20(18,19)14-8-6-11-15-13-10-16(11)2/h10,12,14H,4-9H2,1-3H3. The Bertz CT molecular complexity index is 487. The highest BCUT2D eigenvalue weighted by Crippen LogP contribution is 1.97. The van der Waals surface area contributed by atoms with Gasteiger partial charge in [-0.3, -0.25) is 0 Å². The van der Waals surface area contributed by atoms with Crippen molar-refractivity contribution in [3.05, 3.63) is 12.2 Å². The van der Waals surface area contributed by atoms with Gasteiger partial charge in [-0.1, -0.05) is 6.92 Å². The van der Waals surface area contributed by atoms with Gasteiger partial charge in [0.25, 0.3) is 10.2 Å². The molecule has 0 aliphatic rings. The summed E-state index contributed by atoms with van der Waals surface area (Å²) in [6, 6.07) is 0. The van der Waals surface area contributed by atoms with E-state index in [1.165, 1.54) is 4.31 Å². The molecule has 0 bridgehead atoms. The van der Waals surface area contributed by atoms with Crippen molar-refractivity contribution in [2.45, 2.75) is 19.8 Å². The maximum atomic E-state index is 12.0. The fourth-order valence-electron chi connectivity index (χ4n) is 1.66. The van der Waals surface area contributed by atoms with Gasteiger partial charge in [0.15, 0.2) is 0 Å². The Morgan fingerprint density at radius 3 is 2.75 bits per heavy atom. The molecule has 0 saturated carbocycles. The Morgan fingerprint density at radius 2 is 2.15 bits per heavy atom. The van der Waals surface area contributed by atoms with Crippen LogP contribution < -0.4 is 10.0 Å². The van der Waals surface area contributed by atoms with E-state index >= 15 is 0 Å². The van der Waals surface area contributed by atoms with E-state index in [2.05, 4.69) is 20.2 Å². The molecule has 0 amide bonds. The lowest BCUT2D eigenvalue weighted by Gasteiger charge is -2.17. The number of aryl methyl sites for hydroxylation is 1. The molecule has 1 aromatic heterocycles. The third-order valence-corrected chi connectivity index (χ3v) is 4.50. The van der Waals surface area contributed by atoms with Gasteiger partial charge >= 0.3 is 0 Å². The van der Waals surface area contributed by atoms with Gasteiger partial charge in [0.2, 0.25) is 0 Å². The second kappa shape index (κ2) is 8.30. The van der Waals surface area contributed by atoms with Gasteiger partial charge in [0, 0.05) is 33.6 Å². The molecule has 0 spiro atoms. The fraction of sp³-hybridized carbons (Fsp3) is 0.818. The van der Waals surface area contributed by atoms with Crippen molar-refractivity contribution < 1.29 is 8.42 Å². The fourth-order valence-corrected chi connectivity index (χ4v) is 2.61. The summed E-state index contributed by atoms with van der Waals surface area (Å²) in [6.45, 7) is 4.54. The van der Waals surface area contributed by atoms with Gasteiger partial charge < -0.3 is 9.88 Å². The molecule has 0 fully saturated rings. The molecule has 0 unspecified atom stereocenters. The first kappa shape index (κ1) is 17.0. The number of hydrogen-bond acceptors (Lipinski definition) is 5. The molecule has 9 heteroatoms. The molecule has 0 aliphatic heterocycles. The monoisotopic (exact) mass is 304 g/mol. The maximum Gasteiger partial charge on any atom is 0.279 e. The Morgan fingerprint density at radius 1 is 1.40 bits per heavy atom. The second-order valence-electron chi connectivity index (χ2n) is 4.54. The molecule has 20 heavy (non-hydrogen) atoms. The highest BCUT2D eigenvalue weighted by Gasteiger charge is 2.16. The first-order chi connectivity index (χ1) is 9.47. The van der Waals surface area contributed by atoms with Crippen molar-refractivity contribution in [1.29, 1.82) is 0 Å². The summed E-state index contributed by atoms with van der Waals surface area (Å²) < 4.78 is 29.6. The molecule has 1 rings (SSSR count). The average molecular weight is 304 g/mol. The maximum absolute atomic E-state index is 12.0. The lowest BCUT2D eigenvalue weighted by atomic mass is 10.4. The van der Waals surface area contributed by atoms with E-state index in [9.17, 15) is 8.42 Å². The minimum Gasteiger partial charge on any atom is -0.321 e. The smallest absolute Gasteiger partial charge is 0.279 e. The summed E-state index contributed by atoms with van der Waals surface area (Å²) in [6.07, 6.45) is 2.90. The normalized spacial score (nSPS) is 12.2. The van der Waals surface area contributed by atoms with Gasteiger partial charge in [-0.15, -0.1) is 10.2 Å². The van der Waals surface area contributed by atoms with Gasteiger partial charge in [0.05, 0.1) is 0 Å². The van der Waals surface area contributed by atoms with Crippen LogP contribution in [-0.2, 0) is 23.7 Å². The molecule has 0 atom stereocenters. The predicted molar refractivity (Wildman–Crippen MR) is 77.4 cm³/mol. The number of rotatable bonds is 10. The summed E-state index contributed by atoms with van der Waals surface area (Å²) in [7, 11) is -0.00542. The minimum absolute atomic E-state index is 0.312. The summed E-state index contributed by atoms with van der Waals surface area (Å²) in [5.74, 6) is 0.752. The molecule has 1 aromatic rings. The molecule has 0 aliphatic carbocycles. The Kier molecular flexibility index (Phi) is 7.06. The quantitative estimate of drug-likeness (QED) is 0.548. The zero-order valence-corrected chi connectivity index (χ0v) is 13.2. The van der Waals surface area contributed by atoms with Crippen molar-refractivity contribution in [2.24, 2.45) is 7.05 Å². The Labute approximate surface area is 120 Å². The lowest BCUT2D eigenvalue weighted by Crippen LogP contribution is -2.40. The van der Waals surface area contributed by atoms with E-state index in [0.717, 1.165) is 25.3 Å². The molecule has 2 N–H and O–H groups in total. The van der Waals surface area contributed by atoms with E-state index in [-0.39, 0.29) is 0 Å². The van der Waals surface area contributed by atoms with Crippen molar-refractivity contribution in [2.75, 3.05) is 33.2 Å². The van der Waals surface area contributed by atoms with Gasteiger partial charge in [-0.05, 0) is 19.5 Å². The summed E-state index contributed by atoms with van der Waals surface area (Å²) in [5.41, 5.74) is 0. The van der Waals surface area contributed by atoms with Crippen LogP contribution >= 0.6 is 0 Å². The van der Waals surface area contributed by atoms with Crippen LogP contribution in [0.5, 0.6) is 0 Å². The predicted octanol–water partition coefficient (Wildman–Crippen LogP) is -0.877. The van der Waals surface area contributed by atoms with Gasteiger partial charge in [-0.25, -0.2) is 4.72 Å². The molecular formula is C11H24N6O2S. The zero-order valence-electron chi connectivity index (χ0n) is 12.3. The molecule has 0 aromatic carbocycles. The average Bonchev–Trinajstić information content (AvgIpc) is 2.80. The topological polar surface area (TPSA) is 92.2 Å². The summed E-state index contributed by atoms with van der Waals surface area (Å²) in [5, 5.41) is 10.8. The van der Waals surface area contributed by atoms with Crippen LogP contribution in [0.2, 0.25) is 0 Å². The Balaban J connectivity index is 2.31. The molecule has 1 heterocycles. The van der Waals surface area contributed by atoms with Gasteiger partial charge in [0.1, 0.15) is 12.2 Å². The van der Waals surface area contributed by atoms with Crippen LogP contribution in [-0.4, -0.2) is 60.7 Å². The minimum atomic E-state index is -3.42. The SMILES string of the molecule is CCNCCCN(C)S(=O)(=O)NCCc1nncn1C. The highest BCUT2D eigenvalue weighted by molar-refractivity contribution is 7.87. The summed E-state index contributed by atoms with van der Waals surface area (Å²) >= 11 is 0. The first-order valence-corrected chi connectivity index (χ1v) is 8.16. The van der Waals surface area contributed by atoms with Gasteiger partial charge in [-0.2, -0.15) is 12.7 Å². The highest BCUT2D eigenvalue weighted by atomic mass is 32.2. The van der Waals surface area contributed by atoms with E-state index in [4.69, 9.17) is 0 Å². The van der Waals surface area contributed by atoms with Crippen LogP contribution in [0, 0.1) is 0 Å². The van der Waals surface area contributed by atoms with Crippen molar-refractivity contribution in [3.8, 4) is 0 Å². The Hall–Kier alpha value is -1.03. The first-order valence-electron chi connectivity index (χ1n) is 6.72. The molecule has 0 radical (unpaired) electrons. The molecule has 8 nitrogen and oxygen atoms in total. The van der Waals surface area contributed by atoms with E-state index in [1.807, 2.05) is 14.0 Å². The van der Waals surface area contributed by atoms with Crippen LogP contribution in [0.1, 0.15) is 19.2 Å². The lowest BCUT2D eigenvalue weighted by molar-refractivity contribution is 0.445. The number of aromatic nitrogens is 3. The molecular weight excluding hydrogens is 280 g/mol.